The van der Waals surface area contributed by atoms with E-state index in [1.54, 1.807) is 7.11 Å². The maximum absolute atomic E-state index is 5.29. The van der Waals surface area contributed by atoms with Gasteiger partial charge in [0.1, 0.15) is 5.75 Å². The predicted octanol–water partition coefficient (Wildman–Crippen LogP) is 6.58. The van der Waals surface area contributed by atoms with Crippen LogP contribution in [-0.2, 0) is 0 Å². The molecule has 1 aromatic carbocycles. The first-order valence-electron chi connectivity index (χ1n) is 9.94. The molecule has 2 saturated carbocycles. The van der Waals surface area contributed by atoms with Crippen LogP contribution in [0, 0.1) is 17.8 Å². The highest BCUT2D eigenvalue weighted by Crippen LogP contribution is 2.48. The molecule has 3 rings (SSSR count). The second-order valence-electron chi connectivity index (χ2n) is 7.98. The topological polar surface area (TPSA) is 9.23 Å². The van der Waals surface area contributed by atoms with Gasteiger partial charge in [0.05, 0.1) is 7.11 Å². The van der Waals surface area contributed by atoms with Gasteiger partial charge >= 0.3 is 0 Å². The number of methoxy groups -OCH3 is 1. The van der Waals surface area contributed by atoms with Crippen molar-refractivity contribution in [3.05, 3.63) is 29.8 Å². The number of unbranched alkanes of at least 4 members (excludes halogenated alkanes) is 2. The van der Waals surface area contributed by atoms with E-state index in [0.29, 0.717) is 0 Å². The molecule has 2 aliphatic carbocycles. The van der Waals surface area contributed by atoms with E-state index in [1.807, 2.05) is 0 Å². The van der Waals surface area contributed by atoms with Gasteiger partial charge in [0, 0.05) is 0 Å². The van der Waals surface area contributed by atoms with Gasteiger partial charge in [-0.15, -0.1) is 0 Å². The molecule has 4 atom stereocenters. The summed E-state index contributed by atoms with van der Waals surface area (Å²) in [5, 5.41) is 0. The lowest BCUT2D eigenvalue weighted by atomic mass is 9.63. The zero-order valence-electron chi connectivity index (χ0n) is 15.1. The molecule has 0 bridgehead atoms. The van der Waals surface area contributed by atoms with Crippen LogP contribution in [0.15, 0.2) is 24.3 Å². The van der Waals surface area contributed by atoms with Crippen LogP contribution in [0.1, 0.15) is 82.6 Å². The van der Waals surface area contributed by atoms with Crippen molar-refractivity contribution in [3.63, 3.8) is 0 Å². The van der Waals surface area contributed by atoms with Crippen LogP contribution < -0.4 is 4.74 Å². The molecule has 2 fully saturated rings. The van der Waals surface area contributed by atoms with Crippen LogP contribution in [0.3, 0.4) is 0 Å². The molecule has 0 aromatic heterocycles. The summed E-state index contributed by atoms with van der Waals surface area (Å²) in [4.78, 5) is 0. The fourth-order valence-electron chi connectivity index (χ4n) is 5.11. The first-order valence-corrected chi connectivity index (χ1v) is 9.94. The average molecular weight is 315 g/mol. The summed E-state index contributed by atoms with van der Waals surface area (Å²) in [5.74, 6) is 4.84. The number of benzene rings is 1. The first kappa shape index (κ1) is 16.9. The number of rotatable bonds is 6. The number of hydrogen-bond donors (Lipinski definition) is 0. The van der Waals surface area contributed by atoms with Crippen molar-refractivity contribution in [1.82, 2.24) is 0 Å². The lowest BCUT2D eigenvalue weighted by Gasteiger charge is -2.42. The number of ether oxygens (including phenoxy) is 1. The fraction of sp³-hybridized carbons (Fsp3) is 0.727. The second kappa shape index (κ2) is 8.22. The minimum Gasteiger partial charge on any atom is -0.497 e. The van der Waals surface area contributed by atoms with Crippen LogP contribution >= 0.6 is 0 Å². The molecule has 1 aromatic rings. The highest BCUT2D eigenvalue weighted by molar-refractivity contribution is 5.29. The Balaban J connectivity index is 1.52. The molecule has 0 radical (unpaired) electrons. The molecule has 0 spiro atoms. The van der Waals surface area contributed by atoms with E-state index in [1.165, 1.54) is 69.8 Å². The quantitative estimate of drug-likeness (QED) is 0.539. The van der Waals surface area contributed by atoms with Gasteiger partial charge in [0.25, 0.3) is 0 Å². The third-order valence-corrected chi connectivity index (χ3v) is 6.52. The van der Waals surface area contributed by atoms with Crippen molar-refractivity contribution in [1.29, 1.82) is 0 Å². The standard InChI is InChI=1S/C22H34O/c1-3-4-5-6-17-7-8-21-16-20(10-9-19(21)15-17)18-11-13-22(23-2)14-12-18/h11-14,17,19-21H,3-10,15-16H2,1-2H3/t17?,19-,20-,21-/m1/s1. The lowest BCUT2D eigenvalue weighted by Crippen LogP contribution is -2.30. The van der Waals surface area contributed by atoms with Gasteiger partial charge in [-0.1, -0.05) is 51.2 Å². The Morgan fingerprint density at radius 3 is 2.39 bits per heavy atom. The summed E-state index contributed by atoms with van der Waals surface area (Å²) in [6, 6.07) is 8.85. The molecule has 0 heterocycles. The summed E-state index contributed by atoms with van der Waals surface area (Å²) < 4.78 is 5.29. The highest BCUT2D eigenvalue weighted by Gasteiger charge is 2.35. The third kappa shape index (κ3) is 4.31. The van der Waals surface area contributed by atoms with Crippen molar-refractivity contribution in [2.24, 2.45) is 17.8 Å². The molecule has 0 amide bonds. The number of fused-ring (bicyclic) bond motifs is 1. The van der Waals surface area contributed by atoms with Gasteiger partial charge in [0.2, 0.25) is 0 Å². The van der Waals surface area contributed by atoms with Crippen molar-refractivity contribution in [3.8, 4) is 5.75 Å². The summed E-state index contributed by atoms with van der Waals surface area (Å²) in [5.41, 5.74) is 1.54. The Bertz CT molecular complexity index is 463. The summed E-state index contributed by atoms with van der Waals surface area (Å²) >= 11 is 0. The zero-order valence-corrected chi connectivity index (χ0v) is 15.1. The molecule has 1 unspecified atom stereocenters. The molecule has 0 aliphatic heterocycles. The molecule has 1 heteroatoms. The molecule has 0 saturated heterocycles. The van der Waals surface area contributed by atoms with E-state index < -0.39 is 0 Å². The van der Waals surface area contributed by atoms with E-state index in [4.69, 9.17) is 4.74 Å². The molecule has 128 valence electrons. The van der Waals surface area contributed by atoms with Crippen LogP contribution in [0.25, 0.3) is 0 Å². The summed E-state index contributed by atoms with van der Waals surface area (Å²) in [6.45, 7) is 2.32. The molecule has 23 heavy (non-hydrogen) atoms. The molecule has 1 nitrogen and oxygen atoms in total. The van der Waals surface area contributed by atoms with Gasteiger partial charge in [-0.2, -0.15) is 0 Å². The van der Waals surface area contributed by atoms with Gasteiger partial charge < -0.3 is 4.74 Å². The largest absolute Gasteiger partial charge is 0.497 e. The van der Waals surface area contributed by atoms with E-state index in [-0.39, 0.29) is 0 Å². The lowest BCUT2D eigenvalue weighted by molar-refractivity contribution is 0.113. The average Bonchev–Trinajstić information content (AvgIpc) is 2.61. The van der Waals surface area contributed by atoms with Crippen molar-refractivity contribution in [2.45, 2.75) is 77.0 Å². The van der Waals surface area contributed by atoms with Crippen molar-refractivity contribution < 1.29 is 4.74 Å². The summed E-state index contributed by atoms with van der Waals surface area (Å²) in [7, 11) is 1.75. The van der Waals surface area contributed by atoms with Gasteiger partial charge in [0.15, 0.2) is 0 Å². The van der Waals surface area contributed by atoms with E-state index in [2.05, 4.69) is 31.2 Å². The van der Waals surface area contributed by atoms with Crippen molar-refractivity contribution >= 4 is 0 Å². The predicted molar refractivity (Wildman–Crippen MR) is 98.0 cm³/mol. The van der Waals surface area contributed by atoms with Crippen LogP contribution in [0.4, 0.5) is 0 Å². The number of hydrogen-bond acceptors (Lipinski definition) is 1. The Labute approximate surface area is 142 Å². The molecule has 0 N–H and O–H groups in total. The Morgan fingerprint density at radius 1 is 0.913 bits per heavy atom. The van der Waals surface area contributed by atoms with Gasteiger partial charge in [-0.05, 0) is 73.5 Å². The second-order valence-corrected chi connectivity index (χ2v) is 7.98. The molecular weight excluding hydrogens is 280 g/mol. The van der Waals surface area contributed by atoms with E-state index in [0.717, 1.165) is 29.4 Å². The maximum Gasteiger partial charge on any atom is 0.118 e. The van der Waals surface area contributed by atoms with E-state index in [9.17, 15) is 0 Å². The minimum atomic E-state index is 0.791. The van der Waals surface area contributed by atoms with E-state index >= 15 is 0 Å². The van der Waals surface area contributed by atoms with Crippen molar-refractivity contribution in [2.75, 3.05) is 7.11 Å². The monoisotopic (exact) mass is 314 g/mol. The normalized spacial score (nSPS) is 30.7. The maximum atomic E-state index is 5.29. The Morgan fingerprint density at radius 2 is 1.65 bits per heavy atom. The van der Waals surface area contributed by atoms with Crippen LogP contribution in [0.5, 0.6) is 5.75 Å². The van der Waals surface area contributed by atoms with Gasteiger partial charge in [-0.3, -0.25) is 0 Å². The smallest absolute Gasteiger partial charge is 0.118 e. The third-order valence-electron chi connectivity index (χ3n) is 6.52. The molecule has 2 aliphatic rings. The van der Waals surface area contributed by atoms with Gasteiger partial charge in [-0.25, -0.2) is 0 Å². The minimum absolute atomic E-state index is 0.791. The highest BCUT2D eigenvalue weighted by atomic mass is 16.5. The first-order chi connectivity index (χ1) is 11.3. The Hall–Kier alpha value is -0.980. The zero-order chi connectivity index (χ0) is 16.1. The summed E-state index contributed by atoms with van der Waals surface area (Å²) in [6.07, 6.45) is 14.6. The van der Waals surface area contributed by atoms with Crippen LogP contribution in [-0.4, -0.2) is 7.11 Å². The van der Waals surface area contributed by atoms with Crippen LogP contribution in [0.2, 0.25) is 0 Å². The SMILES string of the molecule is CCCCCC1CC[C@@H]2C[C@H](c3ccc(OC)cc3)CC[C@@H]2C1. The fourth-order valence-corrected chi connectivity index (χ4v) is 5.11. The molecular formula is C22H34O. The Kier molecular flexibility index (Phi) is 6.02.